The van der Waals surface area contributed by atoms with Gasteiger partial charge in [-0.05, 0) is 24.6 Å². The van der Waals surface area contributed by atoms with E-state index in [1.807, 2.05) is 0 Å². The van der Waals surface area contributed by atoms with E-state index in [1.54, 1.807) is 37.3 Å². The number of halogens is 1. The first-order chi connectivity index (χ1) is 17.3. The third kappa shape index (κ3) is 5.94. The zero-order valence-electron chi connectivity index (χ0n) is 19.1. The summed E-state index contributed by atoms with van der Waals surface area (Å²) < 4.78 is 5.26. The average Bonchev–Trinajstić information content (AvgIpc) is 2.86. The first kappa shape index (κ1) is 26.5. The predicted octanol–water partition coefficient (Wildman–Crippen LogP) is 5.05. The molecule has 1 aliphatic rings. The minimum absolute atomic E-state index is 0.0101. The van der Waals surface area contributed by atoms with Crippen molar-refractivity contribution in [2.45, 2.75) is 12.8 Å². The molecular formula is C25H21ClN4O5S. The van der Waals surface area contributed by atoms with Crippen LogP contribution in [0.15, 0.2) is 83.1 Å². The number of para-hydroxylation sites is 2. The Morgan fingerprint density at radius 3 is 2.67 bits per heavy atom. The average molecular weight is 525 g/mol. The maximum atomic E-state index is 12.9. The fourth-order valence-corrected chi connectivity index (χ4v) is 4.73. The molecular weight excluding hydrogens is 504 g/mol. The van der Waals surface area contributed by atoms with Gasteiger partial charge in [-0.2, -0.15) is 5.26 Å². The van der Waals surface area contributed by atoms with Crippen LogP contribution in [0.4, 0.5) is 11.4 Å². The number of nitro benzene ring substituents is 1. The molecule has 0 bridgehead atoms. The topological polar surface area (TPSA) is 134 Å². The highest BCUT2D eigenvalue weighted by Crippen LogP contribution is 2.43. The Hall–Kier alpha value is -4.07. The minimum Gasteiger partial charge on any atom is -0.458 e. The van der Waals surface area contributed by atoms with Crippen molar-refractivity contribution < 1.29 is 19.2 Å². The number of nitrogens with zero attached hydrogens (tertiary/aromatic N) is 2. The Bertz CT molecular complexity index is 1330. The molecule has 184 valence electrons. The van der Waals surface area contributed by atoms with Gasteiger partial charge in [0.25, 0.3) is 5.69 Å². The molecule has 0 aliphatic carbocycles. The van der Waals surface area contributed by atoms with E-state index in [-0.39, 0.29) is 34.9 Å². The molecule has 1 aliphatic heterocycles. The van der Waals surface area contributed by atoms with Gasteiger partial charge < -0.3 is 15.4 Å². The maximum Gasteiger partial charge on any atom is 0.337 e. The van der Waals surface area contributed by atoms with Crippen LogP contribution in [0.25, 0.3) is 0 Å². The van der Waals surface area contributed by atoms with Gasteiger partial charge >= 0.3 is 5.97 Å². The molecule has 1 amide bonds. The van der Waals surface area contributed by atoms with Crippen LogP contribution in [-0.2, 0) is 14.3 Å². The number of allylic oxidation sites excluding steroid dienone is 2. The van der Waals surface area contributed by atoms with Crippen LogP contribution in [0.3, 0.4) is 0 Å². The highest BCUT2D eigenvalue weighted by molar-refractivity contribution is 8.03. The summed E-state index contributed by atoms with van der Waals surface area (Å²) in [7, 11) is 0. The third-order valence-corrected chi connectivity index (χ3v) is 6.50. The van der Waals surface area contributed by atoms with Crippen LogP contribution in [-0.4, -0.2) is 29.2 Å². The standard InChI is InChI=1S/C25H21ClN4O5S/c1-3-12-35-25(32)22-15(2)28-24(17(13-27)23(22)16-8-4-5-9-18(16)26)36-14-21(31)29-19-10-6-7-11-20(19)30(33)34/h3-11,23,28H,1,12,14H2,2H3,(H,29,31)/t23-/m1/s1. The fourth-order valence-electron chi connectivity index (χ4n) is 3.59. The molecule has 9 nitrogen and oxygen atoms in total. The molecule has 2 aromatic rings. The Morgan fingerprint density at radius 2 is 2.00 bits per heavy atom. The van der Waals surface area contributed by atoms with Gasteiger partial charge in [-0.15, -0.1) is 0 Å². The highest BCUT2D eigenvalue weighted by atomic mass is 35.5. The van der Waals surface area contributed by atoms with Gasteiger partial charge in [-0.3, -0.25) is 14.9 Å². The molecule has 1 heterocycles. The van der Waals surface area contributed by atoms with Gasteiger partial charge in [0.05, 0.1) is 38.8 Å². The second-order valence-electron chi connectivity index (χ2n) is 7.47. The zero-order chi connectivity index (χ0) is 26.2. The summed E-state index contributed by atoms with van der Waals surface area (Å²) in [6.45, 7) is 5.20. The number of amides is 1. The molecule has 0 fully saturated rings. The lowest BCUT2D eigenvalue weighted by atomic mass is 9.82. The number of rotatable bonds is 9. The molecule has 2 N–H and O–H groups in total. The smallest absolute Gasteiger partial charge is 0.337 e. The van der Waals surface area contributed by atoms with Crippen molar-refractivity contribution in [2.75, 3.05) is 17.7 Å². The molecule has 0 aromatic heterocycles. The molecule has 0 unspecified atom stereocenters. The van der Waals surface area contributed by atoms with Gasteiger partial charge in [-0.1, -0.05) is 66.3 Å². The molecule has 0 saturated carbocycles. The van der Waals surface area contributed by atoms with Gasteiger partial charge in [-0.25, -0.2) is 4.79 Å². The third-order valence-electron chi connectivity index (χ3n) is 5.14. The number of nitriles is 1. The Labute approximate surface area is 216 Å². The van der Waals surface area contributed by atoms with Crippen molar-refractivity contribution in [2.24, 2.45) is 0 Å². The lowest BCUT2D eigenvalue weighted by Crippen LogP contribution is -2.29. The second kappa shape index (κ2) is 12.1. The van der Waals surface area contributed by atoms with Crippen LogP contribution >= 0.6 is 23.4 Å². The van der Waals surface area contributed by atoms with Crippen LogP contribution in [0, 0.1) is 21.4 Å². The van der Waals surface area contributed by atoms with E-state index in [9.17, 15) is 25.0 Å². The number of hydrogen-bond donors (Lipinski definition) is 2. The summed E-state index contributed by atoms with van der Waals surface area (Å²) in [6, 6.07) is 14.8. The van der Waals surface area contributed by atoms with E-state index in [4.69, 9.17) is 16.3 Å². The maximum absolute atomic E-state index is 12.9. The molecule has 1 atom stereocenters. The molecule has 3 rings (SSSR count). The zero-order valence-corrected chi connectivity index (χ0v) is 20.7. The number of thioether (sulfide) groups is 1. The summed E-state index contributed by atoms with van der Waals surface area (Å²) in [5.41, 5.74) is 1.21. The van der Waals surface area contributed by atoms with E-state index in [0.717, 1.165) is 11.8 Å². The number of nitro groups is 1. The quantitative estimate of drug-likeness (QED) is 0.201. The number of nitrogens with one attached hydrogen (secondary N) is 2. The lowest BCUT2D eigenvalue weighted by molar-refractivity contribution is -0.383. The molecule has 0 radical (unpaired) electrons. The number of esters is 1. The van der Waals surface area contributed by atoms with Crippen LogP contribution < -0.4 is 10.6 Å². The summed E-state index contributed by atoms with van der Waals surface area (Å²) in [6.07, 6.45) is 1.44. The molecule has 2 aromatic carbocycles. The molecule has 0 saturated heterocycles. The first-order valence-electron chi connectivity index (χ1n) is 10.6. The Kier molecular flexibility index (Phi) is 8.89. The first-order valence-corrected chi connectivity index (χ1v) is 11.9. The lowest BCUT2D eigenvalue weighted by Gasteiger charge is -2.29. The van der Waals surface area contributed by atoms with E-state index in [1.165, 1.54) is 24.3 Å². The van der Waals surface area contributed by atoms with Crippen molar-refractivity contribution in [3.8, 4) is 6.07 Å². The number of anilines is 1. The van der Waals surface area contributed by atoms with Crippen molar-refractivity contribution >= 4 is 46.6 Å². The Balaban J connectivity index is 1.92. The fraction of sp³-hybridized carbons (Fsp3) is 0.160. The van der Waals surface area contributed by atoms with Crippen molar-refractivity contribution in [3.05, 3.63) is 104 Å². The molecule has 36 heavy (non-hydrogen) atoms. The number of carbonyl (C=O) groups is 2. The summed E-state index contributed by atoms with van der Waals surface area (Å²) in [5, 5.41) is 27.6. The largest absolute Gasteiger partial charge is 0.458 e. The monoisotopic (exact) mass is 524 g/mol. The van der Waals surface area contributed by atoms with Crippen molar-refractivity contribution in [3.63, 3.8) is 0 Å². The van der Waals surface area contributed by atoms with Crippen LogP contribution in [0.1, 0.15) is 18.4 Å². The van der Waals surface area contributed by atoms with Gasteiger partial charge in [0.2, 0.25) is 5.91 Å². The highest BCUT2D eigenvalue weighted by Gasteiger charge is 2.36. The van der Waals surface area contributed by atoms with Gasteiger partial charge in [0, 0.05) is 16.8 Å². The number of dihydropyridines is 1. The van der Waals surface area contributed by atoms with Crippen LogP contribution in [0.5, 0.6) is 0 Å². The van der Waals surface area contributed by atoms with Crippen molar-refractivity contribution in [1.82, 2.24) is 5.32 Å². The SMILES string of the molecule is C=CCOC(=O)C1=C(C)NC(SCC(=O)Nc2ccccc2[N+](=O)[O-])=C(C#N)[C@H]1c1ccccc1Cl. The number of carbonyl (C=O) groups excluding carboxylic acids is 2. The summed E-state index contributed by atoms with van der Waals surface area (Å²) >= 11 is 7.47. The van der Waals surface area contributed by atoms with Crippen molar-refractivity contribution in [1.29, 1.82) is 5.26 Å². The van der Waals surface area contributed by atoms with E-state index in [2.05, 4.69) is 23.3 Å². The number of ether oxygens (including phenoxy) is 1. The summed E-state index contributed by atoms with van der Waals surface area (Å²) in [5.74, 6) is -2.12. The van der Waals surface area contributed by atoms with Crippen LogP contribution in [0.2, 0.25) is 5.02 Å². The normalized spacial score (nSPS) is 15.0. The van der Waals surface area contributed by atoms with Gasteiger partial charge in [0.1, 0.15) is 12.3 Å². The predicted molar refractivity (Wildman–Crippen MR) is 138 cm³/mol. The van der Waals surface area contributed by atoms with E-state index in [0.29, 0.717) is 21.3 Å². The molecule has 0 spiro atoms. The second-order valence-corrected chi connectivity index (χ2v) is 8.86. The van der Waals surface area contributed by atoms with E-state index >= 15 is 0 Å². The Morgan fingerprint density at radius 1 is 1.31 bits per heavy atom. The minimum atomic E-state index is -0.831. The summed E-state index contributed by atoms with van der Waals surface area (Å²) in [4.78, 5) is 36.1. The number of benzene rings is 2. The van der Waals surface area contributed by atoms with E-state index < -0.39 is 22.7 Å². The van der Waals surface area contributed by atoms with Gasteiger partial charge in [0.15, 0.2) is 0 Å². The molecule has 11 heteroatoms. The number of hydrogen-bond acceptors (Lipinski definition) is 8.